The zero-order valence-corrected chi connectivity index (χ0v) is 29.8. The van der Waals surface area contributed by atoms with Gasteiger partial charge in [0.2, 0.25) is 0 Å². The number of nitrogens with zero attached hydrogens (tertiary/aromatic N) is 2. The van der Waals surface area contributed by atoms with E-state index in [4.69, 9.17) is 0 Å². The van der Waals surface area contributed by atoms with Gasteiger partial charge in [-0.3, -0.25) is 0 Å². The number of rotatable bonds is 4. The monoisotopic (exact) mass is 590 g/mol. The summed E-state index contributed by atoms with van der Waals surface area (Å²) in [6.45, 7) is 28.6. The fourth-order valence-electron chi connectivity index (χ4n) is 5.83. The van der Waals surface area contributed by atoms with Crippen LogP contribution in [0.25, 0.3) is 0 Å². The Kier molecular flexibility index (Phi) is 13.4. The van der Waals surface area contributed by atoms with Crippen LogP contribution < -0.4 is 20.4 Å². The third kappa shape index (κ3) is 11.2. The van der Waals surface area contributed by atoms with E-state index in [-0.39, 0.29) is 16.5 Å². The van der Waals surface area contributed by atoms with Crippen LogP contribution in [0.3, 0.4) is 0 Å². The molecule has 0 radical (unpaired) electrons. The summed E-state index contributed by atoms with van der Waals surface area (Å²) in [6.07, 6.45) is 0. The maximum Gasteiger partial charge on any atom is 0.0927 e. The molecule has 0 aliphatic rings. The molecule has 0 aliphatic carbocycles. The van der Waals surface area contributed by atoms with Crippen LogP contribution in [0, 0.1) is 0 Å². The standard InChI is InChI=1S/2C16H28NP.Ni/c2*1-15(2,3)18(16(4,5)6)14-11-9-13(10-12-14)17(7)8;/h2*9-12H,1-8H3;/p+2. The van der Waals surface area contributed by atoms with Crippen LogP contribution in [0.4, 0.5) is 11.4 Å². The summed E-state index contributed by atoms with van der Waals surface area (Å²) in [5.74, 6) is 0. The van der Waals surface area contributed by atoms with E-state index in [0.717, 1.165) is 0 Å². The molecule has 0 amide bonds. The van der Waals surface area contributed by atoms with Crippen LogP contribution in [0.5, 0.6) is 0 Å². The Morgan fingerprint density at radius 1 is 0.405 bits per heavy atom. The summed E-state index contributed by atoms with van der Waals surface area (Å²) in [4.78, 5) is 4.31. The maximum absolute atomic E-state index is 2.38. The first-order valence-corrected chi connectivity index (χ1v) is 16.4. The molecule has 5 heteroatoms. The van der Waals surface area contributed by atoms with Crippen molar-refractivity contribution in [2.24, 2.45) is 0 Å². The van der Waals surface area contributed by atoms with Crippen molar-refractivity contribution in [3.63, 3.8) is 0 Å². The summed E-state index contributed by atoms with van der Waals surface area (Å²) >= 11 is 0. The molecule has 0 N–H and O–H groups in total. The third-order valence-electron chi connectivity index (χ3n) is 6.34. The van der Waals surface area contributed by atoms with Crippen molar-refractivity contribution in [2.75, 3.05) is 38.0 Å². The molecule has 0 atom stereocenters. The topological polar surface area (TPSA) is 6.48 Å². The SMILES string of the molecule is CN(C)c1ccc([PH+](C(C)(C)C)C(C)(C)C)cc1.CN(C)c1ccc([PH+](C(C)(C)C)C(C)(C)C)cc1.[Ni]. The first kappa shape index (κ1) is 36.4. The van der Waals surface area contributed by atoms with Gasteiger partial charge in [0.25, 0.3) is 0 Å². The van der Waals surface area contributed by atoms with Crippen LogP contribution in [0.15, 0.2) is 48.5 Å². The van der Waals surface area contributed by atoms with Crippen LogP contribution in [-0.2, 0) is 16.5 Å². The second-order valence-corrected chi connectivity index (χ2v) is 23.3. The molecule has 0 saturated carbocycles. The maximum atomic E-state index is 2.38. The van der Waals surface area contributed by atoms with Gasteiger partial charge in [-0.05, 0) is 132 Å². The Morgan fingerprint density at radius 3 is 0.730 bits per heavy atom. The molecule has 2 nitrogen and oxygen atoms in total. The fourth-order valence-corrected chi connectivity index (χ4v) is 14.8. The van der Waals surface area contributed by atoms with E-state index in [9.17, 15) is 0 Å². The predicted octanol–water partition coefficient (Wildman–Crippen LogP) is 8.38. The van der Waals surface area contributed by atoms with Gasteiger partial charge < -0.3 is 9.80 Å². The Bertz CT molecular complexity index is 816. The van der Waals surface area contributed by atoms with E-state index < -0.39 is 15.8 Å². The van der Waals surface area contributed by atoms with Gasteiger partial charge in [-0.2, -0.15) is 0 Å². The molecule has 0 aliphatic heterocycles. The Hall–Kier alpha value is -0.606. The van der Waals surface area contributed by atoms with Gasteiger partial charge in [0.1, 0.15) is 0 Å². The molecule has 0 aromatic heterocycles. The molecule has 37 heavy (non-hydrogen) atoms. The molecule has 0 saturated heterocycles. The Labute approximate surface area is 243 Å². The van der Waals surface area contributed by atoms with Crippen molar-refractivity contribution in [3.8, 4) is 0 Å². The first-order valence-electron chi connectivity index (χ1n) is 13.4. The molecule has 2 rings (SSSR count). The number of hydrogen-bond acceptors (Lipinski definition) is 2. The van der Waals surface area contributed by atoms with E-state index in [0.29, 0.717) is 20.6 Å². The van der Waals surface area contributed by atoms with Crippen molar-refractivity contribution >= 4 is 37.8 Å². The zero-order valence-electron chi connectivity index (χ0n) is 26.8. The average molecular weight is 591 g/mol. The van der Waals surface area contributed by atoms with Gasteiger partial charge in [0, 0.05) is 71.9 Å². The second-order valence-electron chi connectivity index (χ2n) is 14.6. The number of anilines is 2. The molecule has 2 aromatic carbocycles. The summed E-state index contributed by atoms with van der Waals surface area (Å²) in [5, 5.41) is 4.60. The molecular formula is C32H58N2NiP2+2. The van der Waals surface area contributed by atoms with E-state index >= 15 is 0 Å². The summed E-state index contributed by atoms with van der Waals surface area (Å²) in [7, 11) is 7.14. The normalized spacial score (nSPS) is 12.6. The van der Waals surface area contributed by atoms with Gasteiger partial charge in [0.15, 0.2) is 0 Å². The fraction of sp³-hybridized carbons (Fsp3) is 0.625. The summed E-state index contributed by atoms with van der Waals surface area (Å²) in [5.41, 5.74) is 2.56. The summed E-state index contributed by atoms with van der Waals surface area (Å²) in [6, 6.07) is 18.3. The van der Waals surface area contributed by atoms with Crippen LogP contribution in [0.1, 0.15) is 83.1 Å². The van der Waals surface area contributed by atoms with Gasteiger partial charge in [-0.1, -0.05) is 0 Å². The van der Waals surface area contributed by atoms with E-state index in [1.165, 1.54) is 11.4 Å². The Morgan fingerprint density at radius 2 is 0.595 bits per heavy atom. The minimum absolute atomic E-state index is 0. The molecule has 0 heterocycles. The third-order valence-corrected chi connectivity index (χ3v) is 14.2. The van der Waals surface area contributed by atoms with E-state index in [2.05, 4.69) is 170 Å². The quantitative estimate of drug-likeness (QED) is 0.261. The largest absolute Gasteiger partial charge is 0.378 e. The van der Waals surface area contributed by atoms with Crippen LogP contribution >= 0.6 is 15.8 Å². The van der Waals surface area contributed by atoms with Crippen LogP contribution in [0.2, 0.25) is 0 Å². The minimum Gasteiger partial charge on any atom is -0.378 e. The summed E-state index contributed by atoms with van der Waals surface area (Å²) < 4.78 is 0. The van der Waals surface area contributed by atoms with Crippen molar-refractivity contribution in [2.45, 2.75) is 104 Å². The van der Waals surface area contributed by atoms with Crippen molar-refractivity contribution < 1.29 is 16.5 Å². The van der Waals surface area contributed by atoms with Gasteiger partial charge in [0.05, 0.1) is 31.2 Å². The molecule has 0 spiro atoms. The molecule has 0 unspecified atom stereocenters. The number of benzene rings is 2. The van der Waals surface area contributed by atoms with E-state index in [1.54, 1.807) is 10.6 Å². The zero-order chi connectivity index (χ0) is 28.3. The molecule has 2 aromatic rings. The van der Waals surface area contributed by atoms with Crippen molar-refractivity contribution in [1.29, 1.82) is 0 Å². The van der Waals surface area contributed by atoms with Crippen LogP contribution in [-0.4, -0.2) is 48.8 Å². The van der Waals surface area contributed by atoms with E-state index in [1.807, 2.05) is 0 Å². The second kappa shape index (κ2) is 13.6. The Balaban J connectivity index is 0.000000682. The minimum atomic E-state index is -0.614. The van der Waals surface area contributed by atoms with Gasteiger partial charge in [-0.15, -0.1) is 0 Å². The average Bonchev–Trinajstić information content (AvgIpc) is 2.65. The van der Waals surface area contributed by atoms with Crippen molar-refractivity contribution in [3.05, 3.63) is 48.5 Å². The molecule has 0 fully saturated rings. The molecule has 0 bridgehead atoms. The smallest absolute Gasteiger partial charge is 0.0927 e. The predicted molar refractivity (Wildman–Crippen MR) is 176 cm³/mol. The van der Waals surface area contributed by atoms with Gasteiger partial charge >= 0.3 is 0 Å². The van der Waals surface area contributed by atoms with Gasteiger partial charge in [-0.25, -0.2) is 0 Å². The molecular weight excluding hydrogens is 533 g/mol. The first-order chi connectivity index (χ1) is 16.1. The molecule has 214 valence electrons. The number of hydrogen-bond donors (Lipinski definition) is 0. The van der Waals surface area contributed by atoms with Crippen molar-refractivity contribution in [1.82, 2.24) is 0 Å².